The standard InChI is InChI=1S/C19H18FNO4/c1-10(5-7-16(22)23)4-6-13-14(8-21)18-15(9-25-19(18)24)11(2)17(13)12(3)20/h4H,3,5-7,9H2,1-2H3,(H,22,23). The Kier molecular flexibility index (Phi) is 5.38. The molecule has 1 aliphatic heterocycles. The van der Waals surface area contributed by atoms with E-state index in [2.05, 4.69) is 6.58 Å². The summed E-state index contributed by atoms with van der Waals surface area (Å²) in [4.78, 5) is 22.6. The minimum atomic E-state index is -0.903. The number of carboxylic acid groups (broad SMARTS) is 1. The van der Waals surface area contributed by atoms with E-state index >= 15 is 0 Å². The van der Waals surface area contributed by atoms with Gasteiger partial charge in [-0.15, -0.1) is 0 Å². The number of hydrogen-bond acceptors (Lipinski definition) is 4. The van der Waals surface area contributed by atoms with Crippen molar-refractivity contribution in [3.05, 3.63) is 51.6 Å². The van der Waals surface area contributed by atoms with Crippen LogP contribution in [0.5, 0.6) is 0 Å². The van der Waals surface area contributed by atoms with Crippen molar-refractivity contribution in [3.8, 4) is 6.07 Å². The van der Waals surface area contributed by atoms with Gasteiger partial charge in [0.25, 0.3) is 0 Å². The molecule has 25 heavy (non-hydrogen) atoms. The minimum absolute atomic E-state index is 0.00828. The number of allylic oxidation sites excluding steroid dienone is 2. The van der Waals surface area contributed by atoms with Gasteiger partial charge in [-0.1, -0.05) is 18.2 Å². The predicted molar refractivity (Wildman–Crippen MR) is 89.5 cm³/mol. The summed E-state index contributed by atoms with van der Waals surface area (Å²) in [6.45, 7) is 6.81. The highest BCUT2D eigenvalue weighted by Crippen LogP contribution is 2.36. The number of nitrogens with zero attached hydrogens (tertiary/aromatic N) is 1. The van der Waals surface area contributed by atoms with Crippen LogP contribution >= 0.6 is 0 Å². The quantitative estimate of drug-likeness (QED) is 0.626. The van der Waals surface area contributed by atoms with Gasteiger partial charge in [-0.2, -0.15) is 5.26 Å². The summed E-state index contributed by atoms with van der Waals surface area (Å²) < 4.78 is 19.1. The van der Waals surface area contributed by atoms with E-state index in [1.54, 1.807) is 19.9 Å². The molecule has 0 bridgehead atoms. The van der Waals surface area contributed by atoms with Crippen LogP contribution in [0.1, 0.15) is 57.9 Å². The van der Waals surface area contributed by atoms with E-state index in [0.717, 1.165) is 5.57 Å². The number of rotatable bonds is 6. The number of halogens is 1. The molecule has 0 spiro atoms. The van der Waals surface area contributed by atoms with Gasteiger partial charge >= 0.3 is 11.9 Å². The molecule has 0 atom stereocenters. The molecule has 0 unspecified atom stereocenters. The summed E-state index contributed by atoms with van der Waals surface area (Å²) in [5.74, 6) is -2.17. The highest BCUT2D eigenvalue weighted by atomic mass is 19.1. The highest BCUT2D eigenvalue weighted by molar-refractivity contribution is 5.98. The number of aliphatic carboxylic acids is 1. The van der Waals surface area contributed by atoms with E-state index in [1.807, 2.05) is 6.07 Å². The van der Waals surface area contributed by atoms with Crippen LogP contribution in [0.25, 0.3) is 5.83 Å². The van der Waals surface area contributed by atoms with Gasteiger partial charge in [-0.3, -0.25) is 4.79 Å². The summed E-state index contributed by atoms with van der Waals surface area (Å²) in [7, 11) is 0. The number of esters is 1. The topological polar surface area (TPSA) is 87.4 Å². The fourth-order valence-electron chi connectivity index (χ4n) is 2.98. The molecular weight excluding hydrogens is 325 g/mol. The van der Waals surface area contributed by atoms with Crippen molar-refractivity contribution in [3.63, 3.8) is 0 Å². The Morgan fingerprint density at radius 2 is 2.16 bits per heavy atom. The molecule has 1 aliphatic rings. The molecule has 6 heteroatoms. The lowest BCUT2D eigenvalue weighted by molar-refractivity contribution is -0.136. The van der Waals surface area contributed by atoms with Crippen LogP contribution < -0.4 is 0 Å². The number of nitriles is 1. The maximum absolute atomic E-state index is 14.1. The molecule has 0 amide bonds. The van der Waals surface area contributed by atoms with Crippen LogP contribution in [0, 0.1) is 18.3 Å². The second-order valence-electron chi connectivity index (χ2n) is 5.95. The Morgan fingerprint density at radius 1 is 1.48 bits per heavy atom. The van der Waals surface area contributed by atoms with Crippen LogP contribution in [0.4, 0.5) is 4.39 Å². The van der Waals surface area contributed by atoms with E-state index in [0.29, 0.717) is 23.1 Å². The zero-order valence-corrected chi connectivity index (χ0v) is 14.1. The van der Waals surface area contributed by atoms with Gasteiger partial charge in [0.2, 0.25) is 0 Å². The van der Waals surface area contributed by atoms with E-state index in [1.165, 1.54) is 0 Å². The Hall–Kier alpha value is -2.94. The number of carbonyl (C=O) groups is 2. The maximum Gasteiger partial charge on any atom is 0.340 e. The molecule has 0 fully saturated rings. The van der Waals surface area contributed by atoms with E-state index in [-0.39, 0.29) is 36.1 Å². The van der Waals surface area contributed by atoms with Crippen LogP contribution in [0.15, 0.2) is 18.2 Å². The van der Waals surface area contributed by atoms with Gasteiger partial charge in [0, 0.05) is 17.5 Å². The normalized spacial score (nSPS) is 13.2. The molecule has 1 heterocycles. The molecule has 0 aliphatic carbocycles. The Bertz CT molecular complexity index is 846. The molecule has 130 valence electrons. The monoisotopic (exact) mass is 343 g/mol. The number of carbonyl (C=O) groups excluding carboxylic acids is 1. The SMILES string of the molecule is C=C(F)c1c(C)c2c(c(C#N)c1CC=C(C)CCC(=O)O)C(=O)OC2. The first kappa shape index (κ1) is 18.4. The molecule has 1 N–H and O–H groups in total. The lowest BCUT2D eigenvalue weighted by Gasteiger charge is -2.15. The lowest BCUT2D eigenvalue weighted by atomic mass is 9.86. The van der Waals surface area contributed by atoms with E-state index < -0.39 is 17.8 Å². The molecular formula is C19H18FNO4. The third-order valence-electron chi connectivity index (χ3n) is 4.31. The second kappa shape index (κ2) is 7.31. The molecule has 1 aromatic rings. The first-order valence-corrected chi connectivity index (χ1v) is 7.75. The Morgan fingerprint density at radius 3 is 2.72 bits per heavy atom. The number of carboxylic acids is 1. The molecule has 0 radical (unpaired) electrons. The van der Waals surface area contributed by atoms with Crippen molar-refractivity contribution in [2.45, 2.75) is 39.7 Å². The van der Waals surface area contributed by atoms with Crippen molar-refractivity contribution in [1.29, 1.82) is 5.26 Å². The zero-order chi connectivity index (χ0) is 18.7. The van der Waals surface area contributed by atoms with E-state index in [9.17, 15) is 19.2 Å². The lowest BCUT2D eigenvalue weighted by Crippen LogP contribution is -2.08. The minimum Gasteiger partial charge on any atom is -0.481 e. The maximum atomic E-state index is 14.1. The number of fused-ring (bicyclic) bond motifs is 1. The number of cyclic esters (lactones) is 1. The van der Waals surface area contributed by atoms with Gasteiger partial charge in [0.05, 0.1) is 11.1 Å². The van der Waals surface area contributed by atoms with Crippen molar-refractivity contribution < 1.29 is 23.8 Å². The Labute approximate surface area is 145 Å². The zero-order valence-electron chi connectivity index (χ0n) is 14.1. The van der Waals surface area contributed by atoms with Gasteiger partial charge in [0.1, 0.15) is 18.5 Å². The van der Waals surface area contributed by atoms with Gasteiger partial charge in [-0.25, -0.2) is 9.18 Å². The van der Waals surface area contributed by atoms with Gasteiger partial charge in [0.15, 0.2) is 0 Å². The average molecular weight is 343 g/mol. The molecule has 2 rings (SSSR count). The largest absolute Gasteiger partial charge is 0.481 e. The van der Waals surface area contributed by atoms with Gasteiger partial charge in [-0.05, 0) is 37.8 Å². The molecule has 1 aromatic carbocycles. The fourth-order valence-corrected chi connectivity index (χ4v) is 2.98. The first-order chi connectivity index (χ1) is 11.8. The van der Waals surface area contributed by atoms with Crippen LogP contribution in [-0.4, -0.2) is 17.0 Å². The van der Waals surface area contributed by atoms with E-state index in [4.69, 9.17) is 9.84 Å². The molecule has 0 saturated heterocycles. The number of benzene rings is 1. The van der Waals surface area contributed by atoms with Crippen LogP contribution in [0.2, 0.25) is 0 Å². The van der Waals surface area contributed by atoms with Crippen LogP contribution in [-0.2, 0) is 22.6 Å². The highest BCUT2D eigenvalue weighted by Gasteiger charge is 2.32. The predicted octanol–water partition coefficient (Wildman–Crippen LogP) is 3.83. The smallest absolute Gasteiger partial charge is 0.340 e. The summed E-state index contributed by atoms with van der Waals surface area (Å²) in [6, 6.07) is 1.99. The summed E-state index contributed by atoms with van der Waals surface area (Å²) in [5, 5.41) is 18.3. The fraction of sp³-hybridized carbons (Fsp3) is 0.316. The van der Waals surface area contributed by atoms with Crippen molar-refractivity contribution in [2.24, 2.45) is 0 Å². The third kappa shape index (κ3) is 3.61. The van der Waals surface area contributed by atoms with Gasteiger partial charge < -0.3 is 9.84 Å². The molecule has 0 aromatic heterocycles. The summed E-state index contributed by atoms with van der Waals surface area (Å²) >= 11 is 0. The third-order valence-corrected chi connectivity index (χ3v) is 4.31. The summed E-state index contributed by atoms with van der Waals surface area (Å²) in [5.41, 5.74) is 2.75. The number of hydrogen-bond donors (Lipinski definition) is 1. The average Bonchev–Trinajstić information content (AvgIpc) is 2.93. The second-order valence-corrected chi connectivity index (χ2v) is 5.95. The Balaban J connectivity index is 2.55. The molecule has 5 nitrogen and oxygen atoms in total. The first-order valence-electron chi connectivity index (χ1n) is 7.75. The molecule has 0 saturated carbocycles. The van der Waals surface area contributed by atoms with Crippen molar-refractivity contribution in [2.75, 3.05) is 0 Å². The van der Waals surface area contributed by atoms with Crippen LogP contribution in [0.3, 0.4) is 0 Å². The van der Waals surface area contributed by atoms with Crippen molar-refractivity contribution >= 4 is 17.8 Å². The number of ether oxygens (including phenoxy) is 1. The van der Waals surface area contributed by atoms with Crippen molar-refractivity contribution in [1.82, 2.24) is 0 Å². The summed E-state index contributed by atoms with van der Waals surface area (Å²) in [6.07, 6.45) is 2.30.